The highest BCUT2D eigenvalue weighted by molar-refractivity contribution is 5.94. The Morgan fingerprint density at radius 1 is 0.864 bits per heavy atom. The number of carbonyl (C=O) groups is 2. The highest BCUT2D eigenvalue weighted by Gasteiger charge is 2.14. The van der Waals surface area contributed by atoms with E-state index in [4.69, 9.17) is 0 Å². The molecule has 9 heteroatoms. The molecule has 5 rings (SSSR count). The van der Waals surface area contributed by atoms with Crippen LogP contribution in [0.4, 0.5) is 14.9 Å². The summed E-state index contributed by atoms with van der Waals surface area (Å²) >= 11 is 0. The van der Waals surface area contributed by atoms with Gasteiger partial charge in [0.15, 0.2) is 0 Å². The predicted octanol–water partition coefficient (Wildman–Crippen LogP) is 5.26. The van der Waals surface area contributed by atoms with Crippen LogP contribution in [-0.4, -0.2) is 59.5 Å². The number of hydrogen-bond acceptors (Lipinski definition) is 5. The second-order valence-electron chi connectivity index (χ2n) is 10.6. The van der Waals surface area contributed by atoms with E-state index in [1.54, 1.807) is 43.0 Å². The van der Waals surface area contributed by atoms with E-state index in [0.29, 0.717) is 36.3 Å². The van der Waals surface area contributed by atoms with Crippen molar-refractivity contribution < 1.29 is 14.0 Å². The van der Waals surface area contributed by atoms with Crippen LogP contribution in [0.15, 0.2) is 85.5 Å². The van der Waals surface area contributed by atoms with Gasteiger partial charge in [-0.1, -0.05) is 30.4 Å². The van der Waals surface area contributed by atoms with Crippen molar-refractivity contribution in [3.05, 3.63) is 114 Å². The van der Waals surface area contributed by atoms with Crippen LogP contribution in [-0.2, 0) is 6.42 Å². The fraction of sp³-hybridized carbons (Fsp3) is 0.257. The molecule has 0 spiro atoms. The summed E-state index contributed by atoms with van der Waals surface area (Å²) in [4.78, 5) is 35.7. The van der Waals surface area contributed by atoms with Crippen molar-refractivity contribution in [2.24, 2.45) is 0 Å². The average molecular weight is 591 g/mol. The second kappa shape index (κ2) is 15.4. The fourth-order valence-corrected chi connectivity index (χ4v) is 5.07. The molecule has 0 aliphatic carbocycles. The Balaban J connectivity index is 1.26. The number of aromatic nitrogens is 2. The topological polar surface area (TPSA) is 99.2 Å². The molecule has 0 saturated carbocycles. The summed E-state index contributed by atoms with van der Waals surface area (Å²) in [7, 11) is 0. The lowest BCUT2D eigenvalue weighted by Crippen LogP contribution is -2.37. The fourth-order valence-electron chi connectivity index (χ4n) is 5.07. The van der Waals surface area contributed by atoms with Gasteiger partial charge < -0.3 is 20.9 Å². The van der Waals surface area contributed by atoms with Crippen molar-refractivity contribution in [2.45, 2.75) is 25.7 Å². The quantitative estimate of drug-likeness (QED) is 0.231. The van der Waals surface area contributed by atoms with Gasteiger partial charge in [0.2, 0.25) is 0 Å². The van der Waals surface area contributed by atoms with E-state index < -0.39 is 11.7 Å². The minimum absolute atomic E-state index is 0.00703. The molecule has 2 aromatic heterocycles. The molecule has 1 saturated heterocycles. The van der Waals surface area contributed by atoms with E-state index in [-0.39, 0.29) is 11.6 Å². The van der Waals surface area contributed by atoms with Gasteiger partial charge in [0.1, 0.15) is 5.82 Å². The highest BCUT2D eigenvalue weighted by Crippen LogP contribution is 2.26. The first-order valence-electron chi connectivity index (χ1n) is 14.9. The number of rotatable bonds is 9. The zero-order chi connectivity index (χ0) is 30.6. The molecular formula is C35H35FN6O2. The van der Waals surface area contributed by atoms with Gasteiger partial charge in [0, 0.05) is 61.2 Å². The van der Waals surface area contributed by atoms with Gasteiger partial charge in [-0.3, -0.25) is 14.8 Å². The molecule has 0 atom stereocenters. The van der Waals surface area contributed by atoms with E-state index in [1.807, 2.05) is 30.3 Å². The molecule has 1 aliphatic heterocycles. The maximum absolute atomic E-state index is 15.0. The molecule has 2 aromatic carbocycles. The van der Waals surface area contributed by atoms with Crippen molar-refractivity contribution in [3.63, 3.8) is 0 Å². The number of anilines is 1. The number of nitrogens with one attached hydrogen (secondary N) is 3. The lowest BCUT2D eigenvalue weighted by atomic mass is 9.99. The van der Waals surface area contributed by atoms with Crippen LogP contribution in [0.1, 0.15) is 46.3 Å². The van der Waals surface area contributed by atoms with Gasteiger partial charge in [-0.2, -0.15) is 0 Å². The first kappa shape index (κ1) is 30.4. The van der Waals surface area contributed by atoms with Crippen molar-refractivity contribution in [1.82, 2.24) is 25.5 Å². The van der Waals surface area contributed by atoms with Gasteiger partial charge in [0.25, 0.3) is 5.91 Å². The number of carbonyl (C=O) groups excluding carboxylic acids is 2. The second-order valence-corrected chi connectivity index (χ2v) is 10.6. The molecular weight excluding hydrogens is 555 g/mol. The van der Waals surface area contributed by atoms with Crippen LogP contribution in [0.25, 0.3) is 11.1 Å². The summed E-state index contributed by atoms with van der Waals surface area (Å²) < 4.78 is 15.0. The Bertz CT molecular complexity index is 1630. The number of halogens is 1. The summed E-state index contributed by atoms with van der Waals surface area (Å²) in [6, 6.07) is 17.1. The number of piperidine rings is 1. The molecule has 4 aromatic rings. The SMILES string of the molecule is O=C(NCCc1cccnc1)Nc1ccc(-c2ccncc2)c(C#Cc2ccc(C(=O)NCCN3CCCCC3)c(F)c2)c1. The lowest BCUT2D eigenvalue weighted by Gasteiger charge is -2.26. The molecule has 0 bridgehead atoms. The van der Waals surface area contributed by atoms with Crippen LogP contribution in [0.5, 0.6) is 0 Å². The van der Waals surface area contributed by atoms with Gasteiger partial charge in [0.05, 0.1) is 5.56 Å². The highest BCUT2D eigenvalue weighted by atomic mass is 19.1. The van der Waals surface area contributed by atoms with Crippen LogP contribution in [0.2, 0.25) is 0 Å². The van der Waals surface area contributed by atoms with Crippen molar-refractivity contribution in [1.29, 1.82) is 0 Å². The third-order valence-electron chi connectivity index (χ3n) is 7.41. The maximum atomic E-state index is 15.0. The number of nitrogens with zero attached hydrogens (tertiary/aromatic N) is 3. The van der Waals surface area contributed by atoms with Crippen LogP contribution in [0, 0.1) is 17.7 Å². The monoisotopic (exact) mass is 590 g/mol. The minimum atomic E-state index is -0.625. The van der Waals surface area contributed by atoms with E-state index in [0.717, 1.165) is 36.3 Å². The standard InChI is InChI=1S/C35H35FN6O2/c36-33-23-26(7-10-32(33)34(43)39-19-22-42-20-2-1-3-21-42)6-8-29-24-30(9-11-31(29)28-13-16-37-17-14-28)41-35(44)40-18-12-27-5-4-15-38-25-27/h4-5,7,9-11,13-17,23-25H,1-3,12,18-22H2,(H,39,43)(H2,40,41,44). The Hall–Kier alpha value is -5.07. The van der Waals surface area contributed by atoms with Crippen molar-refractivity contribution >= 4 is 17.6 Å². The Morgan fingerprint density at radius 2 is 1.70 bits per heavy atom. The number of benzene rings is 2. The molecule has 1 aliphatic rings. The first-order valence-corrected chi connectivity index (χ1v) is 14.9. The summed E-state index contributed by atoms with van der Waals surface area (Å²) in [6.07, 6.45) is 11.1. The van der Waals surface area contributed by atoms with Crippen LogP contribution in [0.3, 0.4) is 0 Å². The third-order valence-corrected chi connectivity index (χ3v) is 7.41. The lowest BCUT2D eigenvalue weighted by molar-refractivity contribution is 0.0942. The van der Waals surface area contributed by atoms with Crippen LogP contribution >= 0.6 is 0 Å². The number of hydrogen-bond donors (Lipinski definition) is 3. The summed E-state index contributed by atoms with van der Waals surface area (Å²) in [5, 5.41) is 8.54. The molecule has 44 heavy (non-hydrogen) atoms. The van der Waals surface area contributed by atoms with Crippen LogP contribution < -0.4 is 16.0 Å². The molecule has 224 valence electrons. The molecule has 3 heterocycles. The Kier molecular flexibility index (Phi) is 10.6. The molecule has 3 amide bonds. The first-order chi connectivity index (χ1) is 21.5. The average Bonchev–Trinajstić information content (AvgIpc) is 3.05. The molecule has 3 N–H and O–H groups in total. The number of likely N-dealkylation sites (tertiary alicyclic amines) is 1. The van der Waals surface area contributed by atoms with Gasteiger partial charge in [-0.15, -0.1) is 0 Å². The number of amides is 3. The van der Waals surface area contributed by atoms with Gasteiger partial charge in [-0.05, 0) is 97.6 Å². The maximum Gasteiger partial charge on any atom is 0.319 e. The summed E-state index contributed by atoms with van der Waals surface area (Å²) in [5.74, 6) is 5.09. The summed E-state index contributed by atoms with van der Waals surface area (Å²) in [5.41, 5.74) is 4.40. The van der Waals surface area contributed by atoms with Gasteiger partial charge in [-0.25, -0.2) is 9.18 Å². The molecule has 1 fully saturated rings. The van der Waals surface area contributed by atoms with E-state index in [9.17, 15) is 14.0 Å². The normalized spacial score (nSPS) is 12.9. The third kappa shape index (κ3) is 8.72. The van der Waals surface area contributed by atoms with Crippen molar-refractivity contribution in [3.8, 4) is 23.0 Å². The zero-order valence-corrected chi connectivity index (χ0v) is 24.5. The Morgan fingerprint density at radius 3 is 2.48 bits per heavy atom. The largest absolute Gasteiger partial charge is 0.351 e. The van der Waals surface area contributed by atoms with Gasteiger partial charge >= 0.3 is 6.03 Å². The minimum Gasteiger partial charge on any atom is -0.351 e. The predicted molar refractivity (Wildman–Crippen MR) is 170 cm³/mol. The number of pyridine rings is 2. The molecule has 8 nitrogen and oxygen atoms in total. The summed E-state index contributed by atoms with van der Waals surface area (Å²) in [6.45, 7) is 3.78. The molecule has 0 unspecified atom stereocenters. The zero-order valence-electron chi connectivity index (χ0n) is 24.5. The number of urea groups is 1. The molecule has 0 radical (unpaired) electrons. The van der Waals surface area contributed by atoms with Crippen molar-refractivity contribution in [2.75, 3.05) is 38.0 Å². The Labute approximate surface area is 257 Å². The van der Waals surface area contributed by atoms with E-state index in [1.165, 1.54) is 31.4 Å². The smallest absolute Gasteiger partial charge is 0.319 e. The van der Waals surface area contributed by atoms with E-state index >= 15 is 0 Å². The van der Waals surface area contributed by atoms with E-state index in [2.05, 4.69) is 42.7 Å².